The maximum atomic E-state index is 11.8. The number of esters is 1. The van der Waals surface area contributed by atoms with Gasteiger partial charge in [0.2, 0.25) is 0 Å². The fourth-order valence-electron chi connectivity index (χ4n) is 4.12. The molecule has 1 aromatic rings. The Hall–Kier alpha value is -1.99. The molecule has 1 N–H and O–H groups in total. The molecular weight excluding hydrogens is 402 g/mol. The molecule has 3 rings (SSSR count). The lowest BCUT2D eigenvalue weighted by Gasteiger charge is -2.35. The lowest BCUT2D eigenvalue weighted by atomic mass is 9.97. The van der Waals surface area contributed by atoms with E-state index in [4.69, 9.17) is 21.3 Å². The number of likely N-dealkylation sites (N-methyl/N-ethyl adjacent to an activating group) is 1. The van der Waals surface area contributed by atoms with Gasteiger partial charge in [0.25, 0.3) is 0 Å². The normalized spacial score (nSPS) is 19.1. The lowest BCUT2D eigenvalue weighted by molar-refractivity contribution is -0.146. The topological polar surface area (TPSA) is 60.4 Å². The summed E-state index contributed by atoms with van der Waals surface area (Å²) in [6.07, 6.45) is 1.57. The summed E-state index contributed by atoms with van der Waals surface area (Å²) in [6.45, 7) is 9.06. The van der Waals surface area contributed by atoms with Crippen LogP contribution in [0.1, 0.15) is 25.3 Å². The van der Waals surface area contributed by atoms with Gasteiger partial charge in [0.05, 0.1) is 19.6 Å². The number of carbonyl (C=O) groups excluding carboxylic acids is 1. The van der Waals surface area contributed by atoms with Crippen molar-refractivity contribution in [3.63, 3.8) is 0 Å². The van der Waals surface area contributed by atoms with Crippen LogP contribution in [-0.4, -0.2) is 81.7 Å². The number of carbonyl (C=O) groups is 1. The third-order valence-corrected chi connectivity index (χ3v) is 6.34. The number of aliphatic imine (C=N–C) groups is 1. The van der Waals surface area contributed by atoms with Crippen LogP contribution in [0, 0.1) is 5.92 Å². The van der Waals surface area contributed by atoms with Crippen molar-refractivity contribution in [1.82, 2.24) is 15.1 Å². The van der Waals surface area contributed by atoms with Crippen LogP contribution in [0.15, 0.2) is 23.2 Å². The molecule has 0 atom stereocenters. The van der Waals surface area contributed by atoms with Crippen molar-refractivity contribution in [1.29, 1.82) is 0 Å². The predicted octanol–water partition coefficient (Wildman–Crippen LogP) is 2.44. The summed E-state index contributed by atoms with van der Waals surface area (Å²) in [5, 5.41) is 4.16. The Labute approximate surface area is 185 Å². The Balaban J connectivity index is 1.73. The van der Waals surface area contributed by atoms with Crippen LogP contribution in [0.4, 0.5) is 5.69 Å². The Morgan fingerprint density at radius 2 is 1.90 bits per heavy atom. The molecule has 2 fully saturated rings. The number of guanidine groups is 1. The van der Waals surface area contributed by atoms with Crippen LogP contribution in [-0.2, 0) is 16.1 Å². The van der Waals surface area contributed by atoms with Crippen molar-refractivity contribution < 1.29 is 9.53 Å². The summed E-state index contributed by atoms with van der Waals surface area (Å²) in [7, 11) is 3.62. The van der Waals surface area contributed by atoms with E-state index in [-0.39, 0.29) is 11.9 Å². The number of ether oxygens (including phenoxy) is 1. The second-order valence-electron chi connectivity index (χ2n) is 7.98. The highest BCUT2D eigenvalue weighted by Crippen LogP contribution is 2.29. The van der Waals surface area contributed by atoms with Gasteiger partial charge in [-0.15, -0.1) is 0 Å². The van der Waals surface area contributed by atoms with Gasteiger partial charge in [0, 0.05) is 62.1 Å². The third-order valence-electron chi connectivity index (χ3n) is 5.99. The van der Waals surface area contributed by atoms with Crippen molar-refractivity contribution in [2.75, 3.05) is 64.9 Å². The van der Waals surface area contributed by atoms with Crippen molar-refractivity contribution >= 4 is 29.2 Å². The zero-order valence-corrected chi connectivity index (χ0v) is 19.1. The number of halogens is 1. The molecule has 0 saturated carbocycles. The Morgan fingerprint density at radius 3 is 2.53 bits per heavy atom. The Morgan fingerprint density at radius 1 is 1.20 bits per heavy atom. The monoisotopic (exact) mass is 435 g/mol. The van der Waals surface area contributed by atoms with Gasteiger partial charge < -0.3 is 24.8 Å². The quantitative estimate of drug-likeness (QED) is 0.435. The molecule has 8 heteroatoms. The second-order valence-corrected chi connectivity index (χ2v) is 8.39. The Bertz CT molecular complexity index is 741. The first-order valence-electron chi connectivity index (χ1n) is 10.9. The maximum absolute atomic E-state index is 11.8. The molecule has 2 saturated heterocycles. The van der Waals surface area contributed by atoms with Gasteiger partial charge in [-0.25, -0.2) is 4.99 Å². The summed E-state index contributed by atoms with van der Waals surface area (Å²) in [5.41, 5.74) is 2.25. The van der Waals surface area contributed by atoms with Crippen LogP contribution < -0.4 is 10.2 Å². The van der Waals surface area contributed by atoms with Crippen LogP contribution in [0.25, 0.3) is 0 Å². The van der Waals surface area contributed by atoms with Gasteiger partial charge in [-0.05, 0) is 38.9 Å². The number of rotatable bonds is 5. The van der Waals surface area contributed by atoms with E-state index in [1.165, 1.54) is 12.8 Å². The number of hydrogen-bond donors (Lipinski definition) is 1. The van der Waals surface area contributed by atoms with E-state index in [1.54, 1.807) is 0 Å². The molecule has 0 bridgehead atoms. The summed E-state index contributed by atoms with van der Waals surface area (Å²) in [6, 6.07) is 6.11. The number of anilines is 1. The number of nitrogens with zero attached hydrogens (tertiary/aromatic N) is 4. The summed E-state index contributed by atoms with van der Waals surface area (Å²) in [5.74, 6) is 0.760. The van der Waals surface area contributed by atoms with Crippen molar-refractivity contribution in [3.8, 4) is 0 Å². The van der Waals surface area contributed by atoms with Gasteiger partial charge in [-0.2, -0.15) is 0 Å². The standard InChI is InChI=1S/C22H34ClN5O2/c1-4-24-22(28-10-8-17(9-11-28)21(29)30-3)25-16-18-19(23)6-5-7-20(18)27-14-12-26(2)13-15-27/h5-7,17H,4,8-16H2,1-3H3,(H,24,25). The maximum Gasteiger partial charge on any atom is 0.308 e. The molecule has 0 aromatic heterocycles. The molecule has 2 heterocycles. The zero-order valence-electron chi connectivity index (χ0n) is 18.4. The van der Waals surface area contributed by atoms with Crippen molar-refractivity contribution in [2.45, 2.75) is 26.3 Å². The van der Waals surface area contributed by atoms with Crippen molar-refractivity contribution in [2.24, 2.45) is 10.9 Å². The highest BCUT2D eigenvalue weighted by atomic mass is 35.5. The highest BCUT2D eigenvalue weighted by molar-refractivity contribution is 6.31. The zero-order chi connectivity index (χ0) is 21.5. The Kier molecular flexibility index (Phi) is 8.22. The van der Waals surface area contributed by atoms with E-state index in [1.807, 2.05) is 12.1 Å². The molecular formula is C22H34ClN5O2. The minimum Gasteiger partial charge on any atom is -0.469 e. The molecule has 166 valence electrons. The minimum absolute atomic E-state index is 0.0125. The fourth-order valence-corrected chi connectivity index (χ4v) is 4.35. The highest BCUT2D eigenvalue weighted by Gasteiger charge is 2.27. The number of piperidine rings is 1. The van der Waals surface area contributed by atoms with Gasteiger partial charge >= 0.3 is 5.97 Å². The largest absolute Gasteiger partial charge is 0.469 e. The lowest BCUT2D eigenvalue weighted by Crippen LogP contribution is -2.46. The molecule has 2 aliphatic heterocycles. The number of likely N-dealkylation sites (tertiary alicyclic amines) is 1. The van der Waals surface area contributed by atoms with Gasteiger partial charge in [-0.3, -0.25) is 4.79 Å². The van der Waals surface area contributed by atoms with Gasteiger partial charge in [0.1, 0.15) is 0 Å². The summed E-state index contributed by atoms with van der Waals surface area (Å²) < 4.78 is 4.90. The number of hydrogen-bond acceptors (Lipinski definition) is 5. The average Bonchev–Trinajstić information content (AvgIpc) is 2.77. The first-order valence-corrected chi connectivity index (χ1v) is 11.2. The van der Waals surface area contributed by atoms with E-state index in [2.05, 4.69) is 40.1 Å². The summed E-state index contributed by atoms with van der Waals surface area (Å²) in [4.78, 5) is 23.7. The predicted molar refractivity (Wildman–Crippen MR) is 122 cm³/mol. The van der Waals surface area contributed by atoms with Crippen molar-refractivity contribution in [3.05, 3.63) is 28.8 Å². The average molecular weight is 436 g/mol. The number of methoxy groups -OCH3 is 1. The van der Waals surface area contributed by atoms with E-state index >= 15 is 0 Å². The number of benzene rings is 1. The molecule has 0 amide bonds. The molecule has 0 aliphatic carbocycles. The first-order chi connectivity index (χ1) is 14.5. The van der Waals surface area contributed by atoms with Gasteiger partial charge in [-0.1, -0.05) is 17.7 Å². The molecule has 1 aromatic carbocycles. The number of nitrogens with one attached hydrogen (secondary N) is 1. The van der Waals surface area contributed by atoms with E-state index in [9.17, 15) is 4.79 Å². The minimum atomic E-state index is -0.107. The smallest absolute Gasteiger partial charge is 0.308 e. The van der Waals surface area contributed by atoms with Crippen LogP contribution in [0.3, 0.4) is 0 Å². The van der Waals surface area contributed by atoms with E-state index in [0.29, 0.717) is 6.54 Å². The van der Waals surface area contributed by atoms with Gasteiger partial charge in [0.15, 0.2) is 5.96 Å². The van der Waals surface area contributed by atoms with E-state index in [0.717, 1.165) is 75.2 Å². The third kappa shape index (κ3) is 5.58. The fraction of sp³-hybridized carbons (Fsp3) is 0.636. The first kappa shape index (κ1) is 22.7. The van der Waals surface area contributed by atoms with Crippen LogP contribution >= 0.6 is 11.6 Å². The molecule has 0 unspecified atom stereocenters. The molecule has 0 spiro atoms. The molecule has 30 heavy (non-hydrogen) atoms. The molecule has 0 radical (unpaired) electrons. The SMILES string of the molecule is CCNC(=NCc1c(Cl)cccc1N1CCN(C)CC1)N1CCC(C(=O)OC)CC1. The molecule has 7 nitrogen and oxygen atoms in total. The second kappa shape index (κ2) is 10.9. The summed E-state index contributed by atoms with van der Waals surface area (Å²) >= 11 is 6.60. The number of piperazine rings is 1. The molecule has 2 aliphatic rings. The van der Waals surface area contributed by atoms with E-state index < -0.39 is 0 Å². The van der Waals surface area contributed by atoms with Crippen LogP contribution in [0.5, 0.6) is 0 Å². The van der Waals surface area contributed by atoms with Crippen LogP contribution in [0.2, 0.25) is 5.02 Å².